The highest BCUT2D eigenvalue weighted by atomic mass is 79.9. The van der Waals surface area contributed by atoms with Gasteiger partial charge in [-0.2, -0.15) is 5.10 Å². The number of halogens is 3. The van der Waals surface area contributed by atoms with Crippen molar-refractivity contribution in [3.63, 3.8) is 0 Å². The van der Waals surface area contributed by atoms with E-state index in [1.54, 1.807) is 6.07 Å². The number of nitrogens with one attached hydrogen (secondary N) is 1. The highest BCUT2D eigenvalue weighted by Gasteiger charge is 2.34. The van der Waals surface area contributed by atoms with Gasteiger partial charge in [-0.25, -0.2) is 5.43 Å². The summed E-state index contributed by atoms with van der Waals surface area (Å²) < 4.78 is 1.08. The number of amides is 1. The lowest BCUT2D eigenvalue weighted by Crippen LogP contribution is -2.45. The van der Waals surface area contributed by atoms with Crippen molar-refractivity contribution in [2.24, 2.45) is 5.10 Å². The smallest absolute Gasteiger partial charge is 0.275 e. The summed E-state index contributed by atoms with van der Waals surface area (Å²) in [4.78, 5) is 14.6. The Morgan fingerprint density at radius 2 is 2.03 bits per heavy atom. The Kier molecular flexibility index (Phi) is 6.32. The maximum absolute atomic E-state index is 12.4. The maximum atomic E-state index is 12.4. The van der Waals surface area contributed by atoms with Crippen molar-refractivity contribution in [1.29, 1.82) is 0 Å². The molecule has 0 unspecified atom stereocenters. The molecule has 0 radical (unpaired) electrons. The van der Waals surface area contributed by atoms with Crippen molar-refractivity contribution in [1.82, 2.24) is 5.43 Å². The van der Waals surface area contributed by atoms with E-state index in [4.69, 9.17) is 11.6 Å². The molecular formula is C21H22Br2ClN3O2. The molecule has 154 valence electrons. The Labute approximate surface area is 192 Å². The van der Waals surface area contributed by atoms with Gasteiger partial charge in [0.25, 0.3) is 5.91 Å². The van der Waals surface area contributed by atoms with E-state index < -0.39 is 5.91 Å². The molecule has 2 aromatic carbocycles. The van der Waals surface area contributed by atoms with Crippen LogP contribution in [0.25, 0.3) is 0 Å². The lowest BCUT2D eigenvalue weighted by atomic mass is 9.80. The molecule has 1 atom stereocenters. The molecule has 1 amide bonds. The largest absolute Gasteiger partial charge is 0.506 e. The van der Waals surface area contributed by atoms with Gasteiger partial charge >= 0.3 is 0 Å². The average molecular weight is 544 g/mol. The lowest BCUT2D eigenvalue weighted by Gasteiger charge is -2.45. The third-order valence-electron chi connectivity index (χ3n) is 5.39. The molecule has 0 saturated heterocycles. The fraction of sp³-hybridized carbons (Fsp3) is 0.333. The molecule has 0 aromatic heterocycles. The van der Waals surface area contributed by atoms with E-state index in [-0.39, 0.29) is 16.9 Å². The number of rotatable bonds is 3. The predicted molar refractivity (Wildman–Crippen MR) is 126 cm³/mol. The molecule has 0 aliphatic carbocycles. The average Bonchev–Trinajstić information content (AvgIpc) is 2.63. The summed E-state index contributed by atoms with van der Waals surface area (Å²) >= 11 is 13.0. The first kappa shape index (κ1) is 22.1. The van der Waals surface area contributed by atoms with Crippen molar-refractivity contribution < 1.29 is 9.90 Å². The Hall–Kier alpha value is -1.57. The molecule has 8 heteroatoms. The van der Waals surface area contributed by atoms with E-state index >= 15 is 0 Å². The van der Waals surface area contributed by atoms with Gasteiger partial charge in [0.15, 0.2) is 0 Å². The number of aromatic hydroxyl groups is 1. The van der Waals surface area contributed by atoms with Crippen LogP contribution in [0.5, 0.6) is 5.75 Å². The lowest BCUT2D eigenvalue weighted by molar-refractivity contribution is 0.0952. The number of hydrogen-bond acceptors (Lipinski definition) is 4. The summed E-state index contributed by atoms with van der Waals surface area (Å²) in [6.45, 7) is 6.65. The molecule has 1 aliphatic heterocycles. The zero-order valence-corrected chi connectivity index (χ0v) is 20.5. The van der Waals surface area contributed by atoms with Crippen LogP contribution in [0, 0.1) is 0 Å². The van der Waals surface area contributed by atoms with E-state index in [1.807, 2.05) is 12.1 Å². The summed E-state index contributed by atoms with van der Waals surface area (Å²) in [5, 5.41) is 14.7. The van der Waals surface area contributed by atoms with E-state index in [9.17, 15) is 9.90 Å². The minimum absolute atomic E-state index is 0.0551. The van der Waals surface area contributed by atoms with Crippen molar-refractivity contribution in [3.05, 3.63) is 54.9 Å². The number of benzene rings is 2. The van der Waals surface area contributed by atoms with Gasteiger partial charge in [-0.1, -0.05) is 34.5 Å². The van der Waals surface area contributed by atoms with Crippen LogP contribution in [-0.4, -0.2) is 29.8 Å². The maximum Gasteiger partial charge on any atom is 0.275 e. The molecule has 1 heterocycles. The summed E-state index contributed by atoms with van der Waals surface area (Å²) in [6, 6.07) is 7.16. The van der Waals surface area contributed by atoms with Gasteiger partial charge in [0.2, 0.25) is 0 Å². The first-order valence-electron chi connectivity index (χ1n) is 9.10. The Bertz CT molecular complexity index is 1010. The van der Waals surface area contributed by atoms with E-state index in [2.05, 4.69) is 75.1 Å². The number of fused-ring (bicyclic) bond motifs is 1. The predicted octanol–water partition coefficient (Wildman–Crippen LogP) is 6.06. The summed E-state index contributed by atoms with van der Waals surface area (Å²) in [6.07, 6.45) is 2.56. The number of phenols is 1. The van der Waals surface area contributed by atoms with Crippen molar-refractivity contribution in [3.8, 4) is 5.75 Å². The number of hydrogen-bond donors (Lipinski definition) is 2. The van der Waals surface area contributed by atoms with Crippen LogP contribution < -0.4 is 10.3 Å². The number of nitrogens with zero attached hydrogens (tertiary/aromatic N) is 2. The molecule has 5 nitrogen and oxygen atoms in total. The zero-order valence-electron chi connectivity index (χ0n) is 16.6. The topological polar surface area (TPSA) is 64.9 Å². The molecule has 2 aromatic rings. The van der Waals surface area contributed by atoms with E-state index in [1.165, 1.54) is 17.8 Å². The van der Waals surface area contributed by atoms with Crippen LogP contribution in [-0.2, 0) is 0 Å². The van der Waals surface area contributed by atoms with Crippen molar-refractivity contribution in [2.75, 3.05) is 11.9 Å². The molecular weight excluding hydrogens is 522 g/mol. The van der Waals surface area contributed by atoms with Crippen LogP contribution in [0.3, 0.4) is 0 Å². The van der Waals surface area contributed by atoms with Crippen LogP contribution in [0.15, 0.2) is 38.3 Å². The highest BCUT2D eigenvalue weighted by Crippen LogP contribution is 2.44. The third-order valence-corrected chi connectivity index (χ3v) is 6.78. The van der Waals surface area contributed by atoms with Gasteiger partial charge in [-0.15, -0.1) is 0 Å². The van der Waals surface area contributed by atoms with Gasteiger partial charge in [0.1, 0.15) is 5.75 Å². The normalized spacial score (nSPS) is 18.0. The van der Waals surface area contributed by atoms with Gasteiger partial charge in [-0.05, 0) is 71.9 Å². The van der Waals surface area contributed by atoms with Gasteiger partial charge < -0.3 is 10.0 Å². The van der Waals surface area contributed by atoms with Crippen LogP contribution in [0.1, 0.15) is 54.6 Å². The first-order valence-corrected chi connectivity index (χ1v) is 11.1. The van der Waals surface area contributed by atoms with Gasteiger partial charge in [-0.3, -0.25) is 4.79 Å². The van der Waals surface area contributed by atoms with Crippen LogP contribution in [0.2, 0.25) is 5.02 Å². The SMILES string of the molecule is C[C@@H]1CC(C)(C)N(C)c2cc(Cl)c(/C=N\NC(=O)c3cc(Br)cc(Br)c3O)cc21. The van der Waals surface area contributed by atoms with E-state index in [0.717, 1.165) is 17.7 Å². The summed E-state index contributed by atoms with van der Waals surface area (Å²) in [5.74, 6) is -0.289. The fourth-order valence-electron chi connectivity index (χ4n) is 3.66. The van der Waals surface area contributed by atoms with Gasteiger partial charge in [0.05, 0.1) is 21.3 Å². The second kappa shape index (κ2) is 8.28. The number of phenolic OH excluding ortho intramolecular Hbond substituents is 1. The van der Waals surface area contributed by atoms with Crippen LogP contribution >= 0.6 is 43.5 Å². The molecule has 0 saturated carbocycles. The minimum Gasteiger partial charge on any atom is -0.506 e. The standard InChI is InChI=1S/C21H22Br2ClN3O2/c1-11-9-21(2,3)27(4)18-8-17(24)12(5-14(11)18)10-25-26-20(29)15-6-13(22)7-16(23)19(15)28/h5-8,10-11,28H,9H2,1-4H3,(H,26,29)/b25-10-/t11-/m1/s1. The Morgan fingerprint density at radius 1 is 1.34 bits per heavy atom. The minimum atomic E-state index is -0.523. The Balaban J connectivity index is 1.84. The van der Waals surface area contributed by atoms with E-state index in [0.29, 0.717) is 19.9 Å². The highest BCUT2D eigenvalue weighted by molar-refractivity contribution is 9.11. The molecule has 0 spiro atoms. The molecule has 0 fully saturated rings. The Morgan fingerprint density at radius 3 is 2.72 bits per heavy atom. The van der Waals surface area contributed by atoms with Crippen LogP contribution in [0.4, 0.5) is 5.69 Å². The molecule has 29 heavy (non-hydrogen) atoms. The number of hydrazone groups is 1. The number of carbonyl (C=O) groups excluding carboxylic acids is 1. The monoisotopic (exact) mass is 541 g/mol. The first-order chi connectivity index (χ1) is 13.5. The number of anilines is 1. The quantitative estimate of drug-likeness (QED) is 0.366. The summed E-state index contributed by atoms with van der Waals surface area (Å²) in [7, 11) is 2.08. The van der Waals surface area contributed by atoms with Gasteiger partial charge in [0, 0.05) is 28.3 Å². The molecule has 2 N–H and O–H groups in total. The number of carbonyl (C=O) groups is 1. The fourth-order valence-corrected chi connectivity index (χ4v) is 5.10. The molecule has 1 aliphatic rings. The van der Waals surface area contributed by atoms with Crippen molar-refractivity contribution >= 4 is 61.3 Å². The second-order valence-corrected chi connectivity index (χ2v) is 10.1. The summed E-state index contributed by atoms with van der Waals surface area (Å²) in [5.41, 5.74) is 5.65. The van der Waals surface area contributed by atoms with Crippen molar-refractivity contribution in [2.45, 2.75) is 38.6 Å². The molecule has 0 bridgehead atoms. The third kappa shape index (κ3) is 4.47. The zero-order chi connectivity index (χ0) is 21.5. The second-order valence-electron chi connectivity index (χ2n) is 7.89. The molecule has 3 rings (SSSR count).